The molecule has 2 nitrogen and oxygen atoms in total. The van der Waals surface area contributed by atoms with Gasteiger partial charge in [0.1, 0.15) is 0 Å². The largest absolute Gasteiger partial charge is 0.463 e. The molecule has 0 unspecified atom stereocenters. The van der Waals surface area contributed by atoms with Gasteiger partial charge in [0.25, 0.3) is 0 Å². The smallest absolute Gasteiger partial charge is 0.330 e. The summed E-state index contributed by atoms with van der Waals surface area (Å²) in [7, 11) is 0. The Bertz CT molecular complexity index is 606. The van der Waals surface area contributed by atoms with E-state index in [-0.39, 0.29) is 16.8 Å². The fraction of sp³-hybridized carbons (Fsp3) is 0.550. The van der Waals surface area contributed by atoms with Crippen LogP contribution in [0.4, 0.5) is 0 Å². The molecule has 0 amide bonds. The number of hydrogen-bond donors (Lipinski definition) is 0. The van der Waals surface area contributed by atoms with E-state index in [1.165, 1.54) is 35.6 Å². The van der Waals surface area contributed by atoms with Crippen LogP contribution in [0.25, 0.3) is 6.08 Å². The predicted molar refractivity (Wildman–Crippen MR) is 92.1 cm³/mol. The van der Waals surface area contributed by atoms with Gasteiger partial charge in [-0.15, -0.1) is 0 Å². The molecular formula is C20H28O2. The van der Waals surface area contributed by atoms with Gasteiger partial charge in [-0.1, -0.05) is 39.8 Å². The van der Waals surface area contributed by atoms with Crippen molar-refractivity contribution in [1.82, 2.24) is 0 Å². The van der Waals surface area contributed by atoms with Crippen molar-refractivity contribution in [3.05, 3.63) is 40.5 Å². The second-order valence-electron chi connectivity index (χ2n) is 7.61. The maximum Gasteiger partial charge on any atom is 0.330 e. The number of fused-ring (bicyclic) bond motifs is 1. The highest BCUT2D eigenvalue weighted by atomic mass is 16.5. The first-order valence-electron chi connectivity index (χ1n) is 8.18. The molecule has 2 rings (SSSR count). The Hall–Kier alpha value is -1.57. The summed E-state index contributed by atoms with van der Waals surface area (Å²) in [4.78, 5) is 11.5. The highest BCUT2D eigenvalue weighted by Crippen LogP contribution is 2.46. The number of benzene rings is 1. The van der Waals surface area contributed by atoms with Crippen molar-refractivity contribution in [2.45, 2.75) is 65.2 Å². The van der Waals surface area contributed by atoms with E-state index in [2.05, 4.69) is 46.8 Å². The van der Waals surface area contributed by atoms with Gasteiger partial charge in [-0.25, -0.2) is 4.79 Å². The zero-order chi connectivity index (χ0) is 16.5. The summed E-state index contributed by atoms with van der Waals surface area (Å²) < 4.78 is 4.96. The number of rotatable bonds is 3. The summed E-state index contributed by atoms with van der Waals surface area (Å²) in [6.07, 6.45) is 5.81. The normalized spacial score (nSPS) is 19.0. The quantitative estimate of drug-likeness (QED) is 0.585. The lowest BCUT2D eigenvalue weighted by atomic mass is 9.62. The predicted octanol–water partition coefficient (Wildman–Crippen LogP) is 4.92. The average molecular weight is 300 g/mol. The van der Waals surface area contributed by atoms with Gasteiger partial charge >= 0.3 is 5.97 Å². The zero-order valence-electron chi connectivity index (χ0n) is 14.7. The molecule has 120 valence electrons. The molecule has 0 bridgehead atoms. The molecule has 0 fully saturated rings. The molecule has 0 saturated carbocycles. The van der Waals surface area contributed by atoms with E-state index >= 15 is 0 Å². The summed E-state index contributed by atoms with van der Waals surface area (Å²) in [5.74, 6) is -0.279. The van der Waals surface area contributed by atoms with Crippen molar-refractivity contribution in [2.24, 2.45) is 0 Å². The molecule has 0 spiro atoms. The molecule has 2 heteroatoms. The van der Waals surface area contributed by atoms with Gasteiger partial charge in [0, 0.05) is 6.08 Å². The summed E-state index contributed by atoms with van der Waals surface area (Å²) in [6.45, 7) is 13.6. The van der Waals surface area contributed by atoms with Crippen LogP contribution in [-0.4, -0.2) is 12.6 Å². The van der Waals surface area contributed by atoms with Crippen LogP contribution in [-0.2, 0) is 20.4 Å². The molecule has 0 aliphatic heterocycles. The molecule has 22 heavy (non-hydrogen) atoms. The minimum absolute atomic E-state index is 0.186. The molecule has 0 saturated heterocycles. The minimum atomic E-state index is -0.279. The standard InChI is InChI=1S/C20H28O2/c1-7-22-18(21)9-8-15-13-17-16(12-14(15)2)19(3,4)10-11-20(17,5)6/h8-9,12-13H,7,10-11H2,1-6H3/b9-8+. The Morgan fingerprint density at radius 3 is 2.23 bits per heavy atom. The number of aryl methyl sites for hydroxylation is 1. The highest BCUT2D eigenvalue weighted by Gasteiger charge is 2.37. The average Bonchev–Trinajstić information content (AvgIpc) is 2.43. The van der Waals surface area contributed by atoms with Crippen LogP contribution >= 0.6 is 0 Å². The summed E-state index contributed by atoms with van der Waals surface area (Å²) in [6, 6.07) is 4.57. The Labute approximate surface area is 134 Å². The molecular weight excluding hydrogens is 272 g/mol. The number of carbonyl (C=O) groups is 1. The fourth-order valence-corrected chi connectivity index (χ4v) is 3.27. The summed E-state index contributed by atoms with van der Waals surface area (Å²) >= 11 is 0. The Morgan fingerprint density at radius 1 is 1.14 bits per heavy atom. The fourth-order valence-electron chi connectivity index (χ4n) is 3.27. The molecule has 1 aromatic rings. The van der Waals surface area contributed by atoms with Crippen molar-refractivity contribution in [2.75, 3.05) is 6.61 Å². The number of ether oxygens (including phenoxy) is 1. The van der Waals surface area contributed by atoms with Gasteiger partial charge in [-0.05, 0) is 65.8 Å². The Kier molecular flexibility index (Phi) is 4.51. The molecule has 1 aliphatic carbocycles. The number of hydrogen-bond acceptors (Lipinski definition) is 2. The van der Waals surface area contributed by atoms with E-state index in [4.69, 9.17) is 4.74 Å². The van der Waals surface area contributed by atoms with E-state index in [0.717, 1.165) is 5.56 Å². The van der Waals surface area contributed by atoms with Gasteiger partial charge < -0.3 is 4.74 Å². The molecule has 0 N–H and O–H groups in total. The van der Waals surface area contributed by atoms with Crippen LogP contribution in [0.2, 0.25) is 0 Å². The summed E-state index contributed by atoms with van der Waals surface area (Å²) in [5.41, 5.74) is 5.60. The summed E-state index contributed by atoms with van der Waals surface area (Å²) in [5, 5.41) is 0. The highest BCUT2D eigenvalue weighted by molar-refractivity contribution is 5.87. The SMILES string of the molecule is CCOC(=O)/C=C/c1cc2c(cc1C)C(C)(C)CCC2(C)C. The maximum atomic E-state index is 11.5. The van der Waals surface area contributed by atoms with Crippen LogP contribution in [0.1, 0.15) is 69.7 Å². The lowest BCUT2D eigenvalue weighted by Gasteiger charge is -2.42. The van der Waals surface area contributed by atoms with Crippen LogP contribution in [0.15, 0.2) is 18.2 Å². The molecule has 0 aromatic heterocycles. The van der Waals surface area contributed by atoms with Crippen LogP contribution in [0, 0.1) is 6.92 Å². The Balaban J connectivity index is 2.46. The molecule has 0 radical (unpaired) electrons. The third kappa shape index (κ3) is 3.26. The monoisotopic (exact) mass is 300 g/mol. The van der Waals surface area contributed by atoms with E-state index in [9.17, 15) is 4.79 Å². The lowest BCUT2D eigenvalue weighted by molar-refractivity contribution is -0.137. The minimum Gasteiger partial charge on any atom is -0.463 e. The molecule has 0 atom stereocenters. The second-order valence-corrected chi connectivity index (χ2v) is 7.61. The van der Waals surface area contributed by atoms with E-state index in [0.29, 0.717) is 6.61 Å². The van der Waals surface area contributed by atoms with E-state index < -0.39 is 0 Å². The maximum absolute atomic E-state index is 11.5. The van der Waals surface area contributed by atoms with Crippen molar-refractivity contribution >= 4 is 12.0 Å². The van der Waals surface area contributed by atoms with Crippen molar-refractivity contribution < 1.29 is 9.53 Å². The van der Waals surface area contributed by atoms with Crippen LogP contribution < -0.4 is 0 Å². The first-order valence-corrected chi connectivity index (χ1v) is 8.18. The van der Waals surface area contributed by atoms with E-state index in [1.807, 2.05) is 13.0 Å². The third-order valence-electron chi connectivity index (χ3n) is 4.93. The van der Waals surface area contributed by atoms with Crippen LogP contribution in [0.5, 0.6) is 0 Å². The molecule has 0 heterocycles. The zero-order valence-corrected chi connectivity index (χ0v) is 14.7. The first kappa shape index (κ1) is 16.8. The van der Waals surface area contributed by atoms with Gasteiger partial charge in [0.15, 0.2) is 0 Å². The first-order chi connectivity index (χ1) is 10.2. The van der Waals surface area contributed by atoms with Crippen molar-refractivity contribution in [3.8, 4) is 0 Å². The van der Waals surface area contributed by atoms with Gasteiger partial charge in [-0.2, -0.15) is 0 Å². The Morgan fingerprint density at radius 2 is 1.68 bits per heavy atom. The molecule has 1 aliphatic rings. The topological polar surface area (TPSA) is 26.3 Å². The number of carbonyl (C=O) groups excluding carboxylic acids is 1. The number of esters is 1. The molecule has 1 aromatic carbocycles. The lowest BCUT2D eigenvalue weighted by Crippen LogP contribution is -2.34. The van der Waals surface area contributed by atoms with Gasteiger partial charge in [-0.3, -0.25) is 0 Å². The van der Waals surface area contributed by atoms with Gasteiger partial charge in [0.2, 0.25) is 0 Å². The van der Waals surface area contributed by atoms with E-state index in [1.54, 1.807) is 0 Å². The van der Waals surface area contributed by atoms with Crippen LogP contribution in [0.3, 0.4) is 0 Å². The van der Waals surface area contributed by atoms with Gasteiger partial charge in [0.05, 0.1) is 6.61 Å². The van der Waals surface area contributed by atoms with Crippen molar-refractivity contribution in [1.29, 1.82) is 0 Å². The van der Waals surface area contributed by atoms with Crippen molar-refractivity contribution in [3.63, 3.8) is 0 Å². The third-order valence-corrected chi connectivity index (χ3v) is 4.93. The second kappa shape index (κ2) is 5.91.